The summed E-state index contributed by atoms with van der Waals surface area (Å²) in [4.78, 5) is 10.6. The predicted octanol–water partition coefficient (Wildman–Crippen LogP) is -1.99. The molecule has 1 heterocycles. The molecule has 0 bridgehead atoms. The Hall–Kier alpha value is -1.14. The summed E-state index contributed by atoms with van der Waals surface area (Å²) in [6.45, 7) is 0. The van der Waals surface area contributed by atoms with Crippen LogP contribution in [-0.4, -0.2) is 25.2 Å². The lowest BCUT2D eigenvalue weighted by Gasteiger charge is -2.11. The van der Waals surface area contributed by atoms with Gasteiger partial charge in [-0.1, -0.05) is 0 Å². The van der Waals surface area contributed by atoms with Crippen molar-refractivity contribution in [2.75, 3.05) is 0 Å². The molecule has 1 aliphatic rings. The van der Waals surface area contributed by atoms with E-state index < -0.39 is 22.2 Å². The molecule has 1 unspecified atom stereocenters. The van der Waals surface area contributed by atoms with Crippen LogP contribution in [-0.2, 0) is 15.1 Å². The minimum absolute atomic E-state index is 0.0891. The second-order valence-corrected chi connectivity index (χ2v) is 2.90. The molecule has 0 aliphatic carbocycles. The van der Waals surface area contributed by atoms with Gasteiger partial charge in [-0.3, -0.25) is 4.79 Å². The Labute approximate surface area is 64.4 Å². The Balaban J connectivity index is 3.20. The van der Waals surface area contributed by atoms with Crippen LogP contribution in [0.4, 0.5) is 0 Å². The Bertz CT molecular complexity index is 333. The summed E-state index contributed by atoms with van der Waals surface area (Å²) >= 11 is 0. The molecule has 60 valence electrons. The predicted molar refractivity (Wildman–Crippen MR) is 39.2 cm³/mol. The van der Waals surface area contributed by atoms with E-state index in [0.29, 0.717) is 0 Å². The largest absolute Gasteiger partial charge is 0.331 e. The molecule has 0 aromatic carbocycles. The van der Waals surface area contributed by atoms with E-state index >= 15 is 0 Å². The van der Waals surface area contributed by atoms with Crippen molar-refractivity contribution >= 4 is 21.1 Å². The summed E-state index contributed by atoms with van der Waals surface area (Å²) in [6.07, 6.45) is 2.51. The van der Waals surface area contributed by atoms with Crippen LogP contribution >= 0.6 is 0 Å². The van der Waals surface area contributed by atoms with Crippen molar-refractivity contribution in [3.8, 4) is 0 Å². The van der Waals surface area contributed by atoms with E-state index in [2.05, 4.69) is 5.32 Å². The highest BCUT2D eigenvalue weighted by molar-refractivity contribution is 7.73. The molecule has 1 amide bonds. The first-order valence-electron chi connectivity index (χ1n) is 2.81. The average molecular weight is 174 g/mol. The van der Waals surface area contributed by atoms with Crippen LogP contribution < -0.4 is 11.1 Å². The van der Waals surface area contributed by atoms with Gasteiger partial charge in [-0.25, -0.2) is 0 Å². The molecule has 1 aliphatic heterocycles. The number of carbonyl (C=O) groups excluding carboxylic acids is 1. The summed E-state index contributed by atoms with van der Waals surface area (Å²) in [5.41, 5.74) is 5.23. The molecule has 0 spiro atoms. The lowest BCUT2D eigenvalue weighted by Crippen LogP contribution is -2.46. The second-order valence-electron chi connectivity index (χ2n) is 1.96. The minimum Gasteiger partial charge on any atom is -0.331 e. The average Bonchev–Trinajstić information content (AvgIpc) is 1.94. The highest BCUT2D eigenvalue weighted by atomic mass is 32.2. The smallest absolute Gasteiger partial charge is 0.246 e. The Morgan fingerprint density at radius 2 is 2.18 bits per heavy atom. The van der Waals surface area contributed by atoms with Crippen LogP contribution in [0.15, 0.2) is 12.3 Å². The van der Waals surface area contributed by atoms with Crippen LogP contribution in [0.1, 0.15) is 0 Å². The number of hydrogen-bond donors (Lipinski definition) is 2. The fourth-order valence-electron chi connectivity index (χ4n) is 0.688. The normalized spacial score (nSPS) is 23.2. The van der Waals surface area contributed by atoms with Gasteiger partial charge in [-0.05, 0) is 6.08 Å². The molecule has 11 heavy (non-hydrogen) atoms. The van der Waals surface area contributed by atoms with E-state index in [1.807, 2.05) is 0 Å². The molecular formula is C5H6N2O3S. The number of rotatable bonds is 0. The third-order valence-electron chi connectivity index (χ3n) is 1.25. The van der Waals surface area contributed by atoms with Gasteiger partial charge in [0.05, 0.1) is 4.86 Å². The number of nitrogens with one attached hydrogen (secondary N) is 1. The van der Waals surface area contributed by atoms with Crippen LogP contribution in [0.3, 0.4) is 0 Å². The van der Waals surface area contributed by atoms with Crippen LogP contribution in [0.2, 0.25) is 0 Å². The monoisotopic (exact) mass is 174 g/mol. The van der Waals surface area contributed by atoms with Crippen molar-refractivity contribution in [1.82, 2.24) is 5.32 Å². The number of nitrogens with two attached hydrogens (primary N) is 1. The van der Waals surface area contributed by atoms with Gasteiger partial charge < -0.3 is 11.1 Å². The van der Waals surface area contributed by atoms with Crippen LogP contribution in [0, 0.1) is 0 Å². The Morgan fingerprint density at radius 3 is 2.64 bits per heavy atom. The van der Waals surface area contributed by atoms with Crippen molar-refractivity contribution in [2.24, 2.45) is 5.73 Å². The minimum atomic E-state index is -2.41. The molecule has 3 N–H and O–H groups in total. The summed E-state index contributed by atoms with van der Waals surface area (Å²) in [5.74, 6) is -0.508. The zero-order valence-electron chi connectivity index (χ0n) is 5.44. The van der Waals surface area contributed by atoms with Crippen molar-refractivity contribution < 1.29 is 13.2 Å². The molecule has 0 aromatic heterocycles. The van der Waals surface area contributed by atoms with Gasteiger partial charge >= 0.3 is 0 Å². The van der Waals surface area contributed by atoms with Gasteiger partial charge in [-0.2, -0.15) is 8.42 Å². The van der Waals surface area contributed by atoms with Crippen molar-refractivity contribution in [2.45, 2.75) is 6.04 Å². The third kappa shape index (κ3) is 1.47. The van der Waals surface area contributed by atoms with E-state index in [1.54, 1.807) is 0 Å². The number of amides is 1. The first-order valence-corrected chi connectivity index (χ1v) is 3.89. The van der Waals surface area contributed by atoms with Gasteiger partial charge in [0.2, 0.25) is 16.2 Å². The van der Waals surface area contributed by atoms with Crippen molar-refractivity contribution in [3.05, 3.63) is 12.3 Å². The maximum Gasteiger partial charge on any atom is 0.246 e. The lowest BCUT2D eigenvalue weighted by molar-refractivity contribution is -0.120. The molecule has 0 saturated carbocycles. The molecule has 5 nitrogen and oxygen atoms in total. The van der Waals surface area contributed by atoms with E-state index in [0.717, 1.165) is 0 Å². The summed E-state index contributed by atoms with van der Waals surface area (Å²) in [5, 5.41) is 2.28. The van der Waals surface area contributed by atoms with E-state index in [4.69, 9.17) is 5.73 Å². The number of carbonyl (C=O) groups is 1. The highest BCUT2D eigenvalue weighted by Crippen LogP contribution is 1.92. The molecular weight excluding hydrogens is 168 g/mol. The topological polar surface area (TPSA) is 89.3 Å². The quantitative estimate of drug-likeness (QED) is 0.416. The highest BCUT2D eigenvalue weighted by Gasteiger charge is 2.21. The standard InChI is InChI=1S/C5H6N2O3S/c6-4-3(11(9)10)1-2-7-5(4)8/h1-2,4H,6H2,(H,7,8). The van der Waals surface area contributed by atoms with Gasteiger partial charge in [0.1, 0.15) is 6.04 Å². The Kier molecular flexibility index (Phi) is 2.06. The first-order chi connectivity index (χ1) is 5.13. The summed E-state index contributed by atoms with van der Waals surface area (Å²) < 4.78 is 20.7. The van der Waals surface area contributed by atoms with Gasteiger partial charge in [0.25, 0.3) is 0 Å². The second kappa shape index (κ2) is 2.85. The van der Waals surface area contributed by atoms with Crippen LogP contribution in [0.5, 0.6) is 0 Å². The molecule has 6 heteroatoms. The first kappa shape index (κ1) is 7.96. The summed E-state index contributed by atoms with van der Waals surface area (Å²) in [7, 11) is -2.41. The van der Waals surface area contributed by atoms with E-state index in [1.165, 1.54) is 12.3 Å². The fraction of sp³-hybridized carbons (Fsp3) is 0.200. The van der Waals surface area contributed by atoms with E-state index in [9.17, 15) is 13.2 Å². The summed E-state index contributed by atoms with van der Waals surface area (Å²) in [6, 6.07) is -1.07. The lowest BCUT2D eigenvalue weighted by atomic mass is 10.1. The molecule has 0 aromatic rings. The molecule has 0 fully saturated rings. The van der Waals surface area contributed by atoms with Crippen LogP contribution in [0.25, 0.3) is 0 Å². The molecule has 0 radical (unpaired) electrons. The third-order valence-corrected chi connectivity index (χ3v) is 2.03. The van der Waals surface area contributed by atoms with Gasteiger partial charge in [0, 0.05) is 6.20 Å². The zero-order valence-corrected chi connectivity index (χ0v) is 6.26. The van der Waals surface area contributed by atoms with Gasteiger partial charge in [0.15, 0.2) is 0 Å². The molecule has 0 saturated heterocycles. The molecule has 1 atom stereocenters. The zero-order chi connectivity index (χ0) is 8.43. The number of hydrogen-bond acceptors (Lipinski definition) is 4. The SMILES string of the molecule is NC1C(=O)NC=CC1=S(=O)=O. The maximum absolute atomic E-state index is 10.7. The van der Waals surface area contributed by atoms with Gasteiger partial charge in [-0.15, -0.1) is 0 Å². The van der Waals surface area contributed by atoms with Crippen molar-refractivity contribution in [1.29, 1.82) is 0 Å². The Morgan fingerprint density at radius 1 is 1.55 bits per heavy atom. The maximum atomic E-state index is 10.7. The van der Waals surface area contributed by atoms with E-state index in [-0.39, 0.29) is 4.86 Å². The molecule has 1 rings (SSSR count). The fourth-order valence-corrected chi connectivity index (χ4v) is 1.18. The van der Waals surface area contributed by atoms with Crippen molar-refractivity contribution in [3.63, 3.8) is 0 Å².